The van der Waals surface area contributed by atoms with Gasteiger partial charge in [0, 0.05) is 6.04 Å². The van der Waals surface area contributed by atoms with Gasteiger partial charge in [0.05, 0.1) is 12.1 Å². The summed E-state index contributed by atoms with van der Waals surface area (Å²) in [5, 5.41) is 8.81. The van der Waals surface area contributed by atoms with Crippen molar-refractivity contribution in [1.82, 2.24) is 4.90 Å². The van der Waals surface area contributed by atoms with Crippen LogP contribution in [0.1, 0.15) is 39.5 Å². The summed E-state index contributed by atoms with van der Waals surface area (Å²) in [6, 6.07) is 3.01. The molecule has 0 saturated heterocycles. The fourth-order valence-electron chi connectivity index (χ4n) is 2.18. The lowest BCUT2D eigenvalue weighted by atomic mass is 9.86. The van der Waals surface area contributed by atoms with Crippen molar-refractivity contribution >= 4 is 0 Å². The molecule has 2 heteroatoms. The highest BCUT2D eigenvalue weighted by Gasteiger charge is 2.24. The van der Waals surface area contributed by atoms with Crippen molar-refractivity contribution in [2.45, 2.75) is 51.6 Å². The Morgan fingerprint density at radius 1 is 1.46 bits per heavy atom. The largest absolute Gasteiger partial charge is 0.288 e. The minimum atomic E-state index is 0.0651. The maximum atomic E-state index is 8.81. The first-order chi connectivity index (χ1) is 6.15. The predicted molar refractivity (Wildman–Crippen MR) is 54.3 cm³/mol. The van der Waals surface area contributed by atoms with Gasteiger partial charge in [-0.3, -0.25) is 4.90 Å². The summed E-state index contributed by atoms with van der Waals surface area (Å²) < 4.78 is 0. The lowest BCUT2D eigenvalue weighted by Gasteiger charge is -2.35. The van der Waals surface area contributed by atoms with Gasteiger partial charge in [0.1, 0.15) is 0 Å². The van der Waals surface area contributed by atoms with Crippen LogP contribution in [0.15, 0.2) is 0 Å². The quantitative estimate of drug-likeness (QED) is 0.652. The van der Waals surface area contributed by atoms with E-state index in [0.717, 1.165) is 5.92 Å². The van der Waals surface area contributed by atoms with Crippen LogP contribution < -0.4 is 0 Å². The van der Waals surface area contributed by atoms with Crippen molar-refractivity contribution in [2.24, 2.45) is 5.92 Å². The fourth-order valence-corrected chi connectivity index (χ4v) is 2.18. The van der Waals surface area contributed by atoms with Gasteiger partial charge < -0.3 is 0 Å². The molecular formula is C11H20N2. The van der Waals surface area contributed by atoms with Crippen LogP contribution in [0.3, 0.4) is 0 Å². The van der Waals surface area contributed by atoms with Crippen LogP contribution in [-0.4, -0.2) is 24.0 Å². The maximum absolute atomic E-state index is 8.81. The van der Waals surface area contributed by atoms with E-state index in [1.807, 2.05) is 6.92 Å². The van der Waals surface area contributed by atoms with Crippen LogP contribution in [0, 0.1) is 17.2 Å². The topological polar surface area (TPSA) is 27.0 Å². The molecule has 0 heterocycles. The molecule has 0 aromatic heterocycles. The Balaban J connectivity index is 2.46. The molecule has 0 aromatic carbocycles. The van der Waals surface area contributed by atoms with Crippen molar-refractivity contribution in [1.29, 1.82) is 5.26 Å². The van der Waals surface area contributed by atoms with E-state index in [9.17, 15) is 0 Å². The molecule has 1 aliphatic rings. The lowest BCUT2D eigenvalue weighted by molar-refractivity contribution is 0.147. The van der Waals surface area contributed by atoms with Crippen molar-refractivity contribution in [3.8, 4) is 6.07 Å². The summed E-state index contributed by atoms with van der Waals surface area (Å²) in [5.74, 6) is 0.840. The van der Waals surface area contributed by atoms with E-state index in [-0.39, 0.29) is 6.04 Å². The molecule has 1 saturated carbocycles. The monoisotopic (exact) mass is 180 g/mol. The summed E-state index contributed by atoms with van der Waals surface area (Å²) in [5.41, 5.74) is 0. The highest BCUT2D eigenvalue weighted by atomic mass is 15.2. The van der Waals surface area contributed by atoms with Crippen LogP contribution in [0.2, 0.25) is 0 Å². The summed E-state index contributed by atoms with van der Waals surface area (Å²) in [6.45, 7) is 4.30. The molecule has 0 amide bonds. The van der Waals surface area contributed by atoms with Gasteiger partial charge >= 0.3 is 0 Å². The average molecular weight is 180 g/mol. The van der Waals surface area contributed by atoms with E-state index in [2.05, 4.69) is 24.9 Å². The molecule has 0 aromatic rings. The third-order valence-electron chi connectivity index (χ3n) is 3.28. The highest BCUT2D eigenvalue weighted by Crippen LogP contribution is 2.27. The van der Waals surface area contributed by atoms with Crippen LogP contribution >= 0.6 is 0 Å². The van der Waals surface area contributed by atoms with Crippen molar-refractivity contribution < 1.29 is 0 Å². The van der Waals surface area contributed by atoms with Crippen molar-refractivity contribution in [3.63, 3.8) is 0 Å². The molecule has 3 unspecified atom stereocenters. The van der Waals surface area contributed by atoms with Crippen molar-refractivity contribution in [2.75, 3.05) is 7.05 Å². The Labute approximate surface area is 81.5 Å². The number of hydrogen-bond acceptors (Lipinski definition) is 2. The molecule has 0 aliphatic heterocycles. The van der Waals surface area contributed by atoms with Gasteiger partial charge in [-0.25, -0.2) is 0 Å². The van der Waals surface area contributed by atoms with Gasteiger partial charge in [0.2, 0.25) is 0 Å². The second-order valence-corrected chi connectivity index (χ2v) is 4.40. The molecule has 1 aliphatic carbocycles. The SMILES string of the molecule is CC1CCCC(N(C)C(C)C#N)C1. The predicted octanol–water partition coefficient (Wildman–Crippen LogP) is 2.41. The highest BCUT2D eigenvalue weighted by molar-refractivity contribution is 4.90. The number of hydrogen-bond donors (Lipinski definition) is 0. The van der Waals surface area contributed by atoms with Crippen LogP contribution in [0.25, 0.3) is 0 Å². The first-order valence-corrected chi connectivity index (χ1v) is 5.26. The minimum absolute atomic E-state index is 0.0651. The molecule has 0 N–H and O–H groups in total. The first-order valence-electron chi connectivity index (χ1n) is 5.26. The molecule has 74 valence electrons. The second kappa shape index (κ2) is 4.62. The Kier molecular flexibility index (Phi) is 3.74. The lowest BCUT2D eigenvalue weighted by Crippen LogP contribution is -2.40. The van der Waals surface area contributed by atoms with Gasteiger partial charge in [0.25, 0.3) is 0 Å². The van der Waals surface area contributed by atoms with E-state index >= 15 is 0 Å². The zero-order valence-corrected chi connectivity index (χ0v) is 8.95. The van der Waals surface area contributed by atoms with Gasteiger partial charge in [-0.15, -0.1) is 0 Å². The molecule has 0 bridgehead atoms. The van der Waals surface area contributed by atoms with Crippen LogP contribution in [-0.2, 0) is 0 Å². The van der Waals surface area contributed by atoms with Gasteiger partial charge in [0.15, 0.2) is 0 Å². The van der Waals surface area contributed by atoms with E-state index in [4.69, 9.17) is 5.26 Å². The van der Waals surface area contributed by atoms with Crippen molar-refractivity contribution in [3.05, 3.63) is 0 Å². The molecule has 1 fully saturated rings. The van der Waals surface area contributed by atoms with E-state index in [0.29, 0.717) is 6.04 Å². The van der Waals surface area contributed by atoms with Gasteiger partial charge in [-0.1, -0.05) is 19.8 Å². The Hall–Kier alpha value is -0.550. The summed E-state index contributed by atoms with van der Waals surface area (Å²) in [7, 11) is 2.08. The molecule has 13 heavy (non-hydrogen) atoms. The number of nitrogens with zero attached hydrogens (tertiary/aromatic N) is 2. The molecule has 1 rings (SSSR count). The third kappa shape index (κ3) is 2.70. The Bertz CT molecular complexity index is 195. The van der Waals surface area contributed by atoms with E-state index in [1.54, 1.807) is 0 Å². The smallest absolute Gasteiger partial charge is 0.0949 e. The van der Waals surface area contributed by atoms with Crippen LogP contribution in [0.4, 0.5) is 0 Å². The zero-order valence-electron chi connectivity index (χ0n) is 8.95. The maximum Gasteiger partial charge on any atom is 0.0949 e. The normalized spacial score (nSPS) is 31.3. The molecule has 0 spiro atoms. The fraction of sp³-hybridized carbons (Fsp3) is 0.909. The first kappa shape index (κ1) is 10.5. The minimum Gasteiger partial charge on any atom is -0.288 e. The molecule has 3 atom stereocenters. The van der Waals surface area contributed by atoms with Gasteiger partial charge in [-0.2, -0.15) is 5.26 Å². The molecular weight excluding hydrogens is 160 g/mol. The summed E-state index contributed by atoms with van der Waals surface area (Å²) in [4.78, 5) is 2.23. The summed E-state index contributed by atoms with van der Waals surface area (Å²) in [6.07, 6.45) is 5.23. The number of rotatable bonds is 2. The Morgan fingerprint density at radius 3 is 2.69 bits per heavy atom. The second-order valence-electron chi connectivity index (χ2n) is 4.40. The number of nitriles is 1. The van der Waals surface area contributed by atoms with E-state index < -0.39 is 0 Å². The average Bonchev–Trinajstić information content (AvgIpc) is 2.15. The van der Waals surface area contributed by atoms with Crippen LogP contribution in [0.5, 0.6) is 0 Å². The zero-order chi connectivity index (χ0) is 9.84. The van der Waals surface area contributed by atoms with Gasteiger partial charge in [-0.05, 0) is 32.7 Å². The summed E-state index contributed by atoms with van der Waals surface area (Å²) >= 11 is 0. The third-order valence-corrected chi connectivity index (χ3v) is 3.28. The standard InChI is InChI=1S/C11H20N2/c1-9-5-4-6-11(7-9)13(3)10(2)8-12/h9-11H,4-7H2,1-3H3. The molecule has 0 radical (unpaired) electrons. The Morgan fingerprint density at radius 2 is 2.15 bits per heavy atom. The van der Waals surface area contributed by atoms with E-state index in [1.165, 1.54) is 25.7 Å². The molecule has 2 nitrogen and oxygen atoms in total.